The predicted octanol–water partition coefficient (Wildman–Crippen LogP) is 2.81. The van der Waals surface area contributed by atoms with Crippen molar-refractivity contribution in [3.05, 3.63) is 12.7 Å². The first kappa shape index (κ1) is 13.1. The van der Waals surface area contributed by atoms with Crippen LogP contribution in [-0.2, 0) is 0 Å². The Balaban J connectivity index is 2.00. The molecule has 0 radical (unpaired) electrons. The molecule has 1 aliphatic carbocycles. The van der Waals surface area contributed by atoms with Crippen LogP contribution in [0.15, 0.2) is 12.7 Å². The highest BCUT2D eigenvalue weighted by molar-refractivity contribution is 5.03. The molecule has 1 unspecified atom stereocenters. The molecule has 1 aliphatic heterocycles. The summed E-state index contributed by atoms with van der Waals surface area (Å²) < 4.78 is 0. The summed E-state index contributed by atoms with van der Waals surface area (Å²) in [5.74, 6) is 0.788. The molecule has 1 saturated heterocycles. The molecule has 1 N–H and O–H groups in total. The van der Waals surface area contributed by atoms with Crippen molar-refractivity contribution in [2.24, 2.45) is 5.92 Å². The number of rotatable bonds is 4. The summed E-state index contributed by atoms with van der Waals surface area (Å²) >= 11 is 0. The van der Waals surface area contributed by atoms with E-state index in [1.165, 1.54) is 45.2 Å². The predicted molar refractivity (Wildman–Crippen MR) is 74.2 cm³/mol. The van der Waals surface area contributed by atoms with E-state index < -0.39 is 0 Å². The van der Waals surface area contributed by atoms with Crippen molar-refractivity contribution in [3.8, 4) is 0 Å². The van der Waals surface area contributed by atoms with Crippen LogP contribution in [0.2, 0.25) is 0 Å². The van der Waals surface area contributed by atoms with Gasteiger partial charge in [-0.25, -0.2) is 0 Å². The van der Waals surface area contributed by atoms with Gasteiger partial charge in [0.25, 0.3) is 0 Å². The van der Waals surface area contributed by atoms with Gasteiger partial charge in [-0.3, -0.25) is 4.90 Å². The monoisotopic (exact) mass is 236 g/mol. The van der Waals surface area contributed by atoms with Crippen LogP contribution in [0.25, 0.3) is 0 Å². The van der Waals surface area contributed by atoms with Crippen molar-refractivity contribution in [3.63, 3.8) is 0 Å². The molecule has 2 aliphatic rings. The maximum atomic E-state index is 3.93. The van der Waals surface area contributed by atoms with Gasteiger partial charge < -0.3 is 5.32 Å². The third kappa shape index (κ3) is 2.92. The zero-order valence-electron chi connectivity index (χ0n) is 11.5. The molecule has 2 heteroatoms. The minimum atomic E-state index is 0.460. The van der Waals surface area contributed by atoms with E-state index >= 15 is 0 Å². The van der Waals surface area contributed by atoms with Crippen LogP contribution in [0.3, 0.4) is 0 Å². The molecule has 17 heavy (non-hydrogen) atoms. The second kappa shape index (κ2) is 5.53. The quantitative estimate of drug-likeness (QED) is 0.755. The standard InChI is InChI=1S/C15H28N2/c1-4-9-17-11-14(10-13(2)3)16-12-15(17)7-5-6-8-15/h4,13-14,16H,1,5-12H2,2-3H3. The third-order valence-corrected chi connectivity index (χ3v) is 4.47. The lowest BCUT2D eigenvalue weighted by atomic mass is 9.89. The summed E-state index contributed by atoms with van der Waals surface area (Å²) in [6.45, 7) is 12.0. The fourth-order valence-corrected chi connectivity index (χ4v) is 3.65. The number of nitrogens with zero attached hydrogens (tertiary/aromatic N) is 1. The van der Waals surface area contributed by atoms with Crippen molar-refractivity contribution in [2.45, 2.75) is 57.5 Å². The molecule has 2 rings (SSSR count). The van der Waals surface area contributed by atoms with Gasteiger partial charge in [-0.15, -0.1) is 6.58 Å². The minimum absolute atomic E-state index is 0.460. The van der Waals surface area contributed by atoms with Crippen molar-refractivity contribution in [2.75, 3.05) is 19.6 Å². The van der Waals surface area contributed by atoms with Crippen LogP contribution in [0.5, 0.6) is 0 Å². The van der Waals surface area contributed by atoms with E-state index in [2.05, 4.69) is 36.7 Å². The second-order valence-electron chi connectivity index (χ2n) is 6.33. The molecule has 2 fully saturated rings. The molecule has 0 aromatic heterocycles. The van der Waals surface area contributed by atoms with Crippen molar-refractivity contribution in [1.82, 2.24) is 10.2 Å². The van der Waals surface area contributed by atoms with Gasteiger partial charge in [0.05, 0.1) is 0 Å². The summed E-state index contributed by atoms with van der Waals surface area (Å²) in [5, 5.41) is 3.80. The first-order chi connectivity index (χ1) is 8.16. The molecule has 0 aromatic rings. The Hall–Kier alpha value is -0.340. The summed E-state index contributed by atoms with van der Waals surface area (Å²) in [4.78, 5) is 2.70. The molecular formula is C15H28N2. The first-order valence-corrected chi connectivity index (χ1v) is 7.25. The molecule has 0 aromatic carbocycles. The molecule has 1 saturated carbocycles. The van der Waals surface area contributed by atoms with Gasteiger partial charge in [0, 0.05) is 31.2 Å². The Morgan fingerprint density at radius 2 is 2.12 bits per heavy atom. The molecule has 0 amide bonds. The summed E-state index contributed by atoms with van der Waals surface area (Å²) in [5.41, 5.74) is 0.460. The molecule has 2 nitrogen and oxygen atoms in total. The van der Waals surface area contributed by atoms with Crippen LogP contribution in [0.1, 0.15) is 46.0 Å². The molecule has 1 atom stereocenters. The largest absolute Gasteiger partial charge is 0.311 e. The van der Waals surface area contributed by atoms with E-state index in [-0.39, 0.29) is 0 Å². The molecule has 98 valence electrons. The van der Waals surface area contributed by atoms with Crippen LogP contribution in [0.4, 0.5) is 0 Å². The lowest BCUT2D eigenvalue weighted by Gasteiger charge is -2.48. The normalized spacial score (nSPS) is 29.0. The van der Waals surface area contributed by atoms with Gasteiger partial charge in [-0.05, 0) is 25.2 Å². The average molecular weight is 236 g/mol. The lowest BCUT2D eigenvalue weighted by molar-refractivity contribution is 0.0496. The fourth-order valence-electron chi connectivity index (χ4n) is 3.65. The Bertz CT molecular complexity index is 254. The Kier molecular flexibility index (Phi) is 4.26. The average Bonchev–Trinajstić information content (AvgIpc) is 2.73. The van der Waals surface area contributed by atoms with Gasteiger partial charge >= 0.3 is 0 Å². The number of piperazine rings is 1. The zero-order chi connectivity index (χ0) is 12.3. The topological polar surface area (TPSA) is 15.3 Å². The highest BCUT2D eigenvalue weighted by Crippen LogP contribution is 2.37. The van der Waals surface area contributed by atoms with E-state index in [9.17, 15) is 0 Å². The second-order valence-corrected chi connectivity index (χ2v) is 6.33. The fraction of sp³-hybridized carbons (Fsp3) is 0.867. The number of hydrogen-bond donors (Lipinski definition) is 1. The van der Waals surface area contributed by atoms with E-state index in [1.54, 1.807) is 0 Å². The van der Waals surface area contributed by atoms with E-state index in [0.717, 1.165) is 12.5 Å². The SMILES string of the molecule is C=CCN1CC(CC(C)C)NCC12CCCC2. The van der Waals surface area contributed by atoms with Crippen molar-refractivity contribution < 1.29 is 0 Å². The smallest absolute Gasteiger partial charge is 0.0338 e. The van der Waals surface area contributed by atoms with E-state index in [1.807, 2.05) is 0 Å². The molecule has 1 spiro atoms. The highest BCUT2D eigenvalue weighted by atomic mass is 15.3. The minimum Gasteiger partial charge on any atom is -0.311 e. The molecule has 1 heterocycles. The van der Waals surface area contributed by atoms with Gasteiger partial charge in [-0.2, -0.15) is 0 Å². The van der Waals surface area contributed by atoms with Gasteiger partial charge in [0.2, 0.25) is 0 Å². The summed E-state index contributed by atoms with van der Waals surface area (Å²) in [6.07, 6.45) is 8.94. The van der Waals surface area contributed by atoms with Crippen LogP contribution in [0, 0.1) is 5.92 Å². The Morgan fingerprint density at radius 1 is 1.41 bits per heavy atom. The number of hydrogen-bond acceptors (Lipinski definition) is 2. The van der Waals surface area contributed by atoms with Crippen LogP contribution in [-0.4, -0.2) is 36.1 Å². The van der Waals surface area contributed by atoms with Gasteiger partial charge in [-0.1, -0.05) is 32.8 Å². The Labute approximate surface area is 106 Å². The van der Waals surface area contributed by atoms with E-state index in [4.69, 9.17) is 0 Å². The maximum Gasteiger partial charge on any atom is 0.0338 e. The first-order valence-electron chi connectivity index (χ1n) is 7.25. The van der Waals surface area contributed by atoms with Crippen LogP contribution < -0.4 is 5.32 Å². The zero-order valence-corrected chi connectivity index (χ0v) is 11.5. The van der Waals surface area contributed by atoms with Gasteiger partial charge in [0.15, 0.2) is 0 Å². The van der Waals surface area contributed by atoms with Crippen molar-refractivity contribution >= 4 is 0 Å². The number of nitrogens with one attached hydrogen (secondary N) is 1. The summed E-state index contributed by atoms with van der Waals surface area (Å²) in [6, 6.07) is 0.682. The maximum absolute atomic E-state index is 3.93. The highest BCUT2D eigenvalue weighted by Gasteiger charge is 2.42. The lowest BCUT2D eigenvalue weighted by Crippen LogP contribution is -2.63. The summed E-state index contributed by atoms with van der Waals surface area (Å²) in [7, 11) is 0. The van der Waals surface area contributed by atoms with E-state index in [0.29, 0.717) is 11.6 Å². The molecular weight excluding hydrogens is 208 g/mol. The van der Waals surface area contributed by atoms with Crippen LogP contribution >= 0.6 is 0 Å². The Morgan fingerprint density at radius 3 is 2.71 bits per heavy atom. The third-order valence-electron chi connectivity index (χ3n) is 4.47. The molecule has 0 bridgehead atoms. The van der Waals surface area contributed by atoms with Gasteiger partial charge in [0.1, 0.15) is 0 Å². The van der Waals surface area contributed by atoms with Crippen molar-refractivity contribution in [1.29, 1.82) is 0 Å².